The first-order valence-corrected chi connectivity index (χ1v) is 6.30. The van der Waals surface area contributed by atoms with Crippen LogP contribution in [0, 0.1) is 0 Å². The van der Waals surface area contributed by atoms with E-state index in [9.17, 15) is 0 Å². The minimum absolute atomic E-state index is 0.0556. The number of ether oxygens (including phenoxy) is 2. The molecule has 2 saturated heterocycles. The second-order valence-corrected chi connectivity index (χ2v) is 5.18. The van der Waals surface area contributed by atoms with Crippen LogP contribution >= 0.6 is 0 Å². The van der Waals surface area contributed by atoms with Crippen LogP contribution in [-0.4, -0.2) is 59.9 Å². The average molecular weight is 292 g/mol. The van der Waals surface area contributed by atoms with Gasteiger partial charge in [0.05, 0.1) is 13.2 Å². The van der Waals surface area contributed by atoms with Crippen molar-refractivity contribution in [1.82, 2.24) is 10.6 Å². The van der Waals surface area contributed by atoms with E-state index in [1.165, 1.54) is 0 Å². The van der Waals surface area contributed by atoms with Crippen LogP contribution in [-0.2, 0) is 19.1 Å². The zero-order valence-corrected chi connectivity index (χ0v) is 12.4. The fraction of sp³-hybridized carbons (Fsp3) is 0.833. The summed E-state index contributed by atoms with van der Waals surface area (Å²) in [5.41, 5.74) is -0.111. The summed E-state index contributed by atoms with van der Waals surface area (Å²) in [4.78, 5) is 18.2. The van der Waals surface area contributed by atoms with Gasteiger partial charge in [-0.1, -0.05) is 0 Å². The molecule has 8 heteroatoms. The molecule has 2 rings (SSSR count). The van der Waals surface area contributed by atoms with Crippen molar-refractivity contribution in [2.75, 3.05) is 26.3 Å². The highest BCUT2D eigenvalue weighted by Crippen LogP contribution is 2.08. The van der Waals surface area contributed by atoms with Gasteiger partial charge in [-0.3, -0.25) is 10.6 Å². The quantitative estimate of drug-likeness (QED) is 0.455. The Labute approximate surface area is 118 Å². The molecule has 0 aromatic heterocycles. The van der Waals surface area contributed by atoms with Gasteiger partial charge >= 0.3 is 11.9 Å². The second-order valence-electron chi connectivity index (χ2n) is 5.18. The van der Waals surface area contributed by atoms with Crippen molar-refractivity contribution in [3.8, 4) is 0 Å². The molecule has 0 atom stereocenters. The highest BCUT2D eigenvalue weighted by molar-refractivity contribution is 6.27. The maximum atomic E-state index is 9.10. The van der Waals surface area contributed by atoms with Crippen molar-refractivity contribution in [2.24, 2.45) is 0 Å². The van der Waals surface area contributed by atoms with Crippen LogP contribution in [0.25, 0.3) is 0 Å². The topological polar surface area (TPSA) is 117 Å². The first-order valence-electron chi connectivity index (χ1n) is 6.30. The lowest BCUT2D eigenvalue weighted by molar-refractivity contribution is -0.159. The summed E-state index contributed by atoms with van der Waals surface area (Å²) < 4.78 is 10.5. The van der Waals surface area contributed by atoms with Gasteiger partial charge in [-0.15, -0.1) is 0 Å². The number of carbonyl (C=O) groups is 2. The Kier molecular flexibility index (Phi) is 7.66. The predicted molar refractivity (Wildman–Crippen MR) is 71.3 cm³/mol. The summed E-state index contributed by atoms with van der Waals surface area (Å²) >= 11 is 0. The summed E-state index contributed by atoms with van der Waals surface area (Å²) in [6.45, 7) is 11.8. The summed E-state index contributed by atoms with van der Waals surface area (Å²) in [6.07, 6.45) is 0. The maximum absolute atomic E-state index is 9.10. The van der Waals surface area contributed by atoms with Gasteiger partial charge in [-0.05, 0) is 27.7 Å². The number of carboxylic acid groups (broad SMARTS) is 2. The molecule has 2 aliphatic heterocycles. The highest BCUT2D eigenvalue weighted by Gasteiger charge is 2.22. The Morgan fingerprint density at radius 2 is 1.15 bits per heavy atom. The first-order chi connectivity index (χ1) is 9.06. The third-order valence-corrected chi connectivity index (χ3v) is 2.41. The fourth-order valence-corrected chi connectivity index (χ4v) is 1.42. The predicted octanol–water partition coefficient (Wildman–Crippen LogP) is -0.160. The van der Waals surface area contributed by atoms with Crippen LogP contribution in [0.15, 0.2) is 0 Å². The Morgan fingerprint density at radius 3 is 1.20 bits per heavy atom. The molecule has 0 bridgehead atoms. The van der Waals surface area contributed by atoms with Gasteiger partial charge in [0.25, 0.3) is 0 Å². The lowest BCUT2D eigenvalue weighted by Gasteiger charge is -2.15. The van der Waals surface area contributed by atoms with Crippen molar-refractivity contribution in [3.63, 3.8) is 0 Å². The lowest BCUT2D eigenvalue weighted by atomic mass is 10.3. The molecule has 0 saturated carbocycles. The summed E-state index contributed by atoms with van der Waals surface area (Å²) in [6, 6.07) is 0. The minimum atomic E-state index is -1.82. The normalized spacial score (nSPS) is 22.0. The highest BCUT2D eigenvalue weighted by atomic mass is 16.5. The van der Waals surface area contributed by atoms with Gasteiger partial charge < -0.3 is 19.7 Å². The van der Waals surface area contributed by atoms with Gasteiger partial charge in [0.1, 0.15) is 11.4 Å². The number of hydrogen-bond acceptors (Lipinski definition) is 6. The summed E-state index contributed by atoms with van der Waals surface area (Å²) in [7, 11) is 0. The zero-order chi connectivity index (χ0) is 15.8. The van der Waals surface area contributed by atoms with E-state index < -0.39 is 11.9 Å². The Bertz CT molecular complexity index is 282. The van der Waals surface area contributed by atoms with Crippen molar-refractivity contribution < 1.29 is 29.3 Å². The van der Waals surface area contributed by atoms with Crippen molar-refractivity contribution >= 4 is 11.9 Å². The van der Waals surface area contributed by atoms with E-state index >= 15 is 0 Å². The molecular weight excluding hydrogens is 268 g/mol. The SMILES string of the molecule is CC1(C)NCCO1.CC1(C)NCCO1.O=C(O)C(=O)O. The minimum Gasteiger partial charge on any atom is -0.473 e. The van der Waals surface area contributed by atoms with Crippen molar-refractivity contribution in [3.05, 3.63) is 0 Å². The molecule has 4 N–H and O–H groups in total. The number of carboxylic acids is 2. The van der Waals surface area contributed by atoms with Gasteiger partial charge in [0.2, 0.25) is 0 Å². The van der Waals surface area contributed by atoms with E-state index in [0.717, 1.165) is 26.3 Å². The molecule has 118 valence electrons. The second kappa shape index (κ2) is 8.15. The van der Waals surface area contributed by atoms with E-state index in [1.807, 2.05) is 27.7 Å². The van der Waals surface area contributed by atoms with E-state index in [2.05, 4.69) is 10.6 Å². The molecule has 0 aromatic carbocycles. The van der Waals surface area contributed by atoms with Gasteiger partial charge in [0.15, 0.2) is 0 Å². The van der Waals surface area contributed by atoms with Crippen LogP contribution in [0.3, 0.4) is 0 Å². The van der Waals surface area contributed by atoms with Crippen LogP contribution in [0.2, 0.25) is 0 Å². The Morgan fingerprint density at radius 1 is 0.850 bits per heavy atom. The number of aliphatic carboxylic acids is 2. The Balaban J connectivity index is 0.000000272. The fourth-order valence-electron chi connectivity index (χ4n) is 1.42. The molecule has 2 heterocycles. The molecular formula is C12H24N2O6. The van der Waals surface area contributed by atoms with E-state index in [1.54, 1.807) is 0 Å². The van der Waals surface area contributed by atoms with Crippen molar-refractivity contribution in [2.45, 2.75) is 39.1 Å². The van der Waals surface area contributed by atoms with Gasteiger partial charge in [-0.25, -0.2) is 9.59 Å². The molecule has 2 fully saturated rings. The number of hydrogen-bond donors (Lipinski definition) is 4. The van der Waals surface area contributed by atoms with Crippen LogP contribution in [0.1, 0.15) is 27.7 Å². The molecule has 8 nitrogen and oxygen atoms in total. The molecule has 0 amide bonds. The molecule has 0 unspecified atom stereocenters. The largest absolute Gasteiger partial charge is 0.473 e. The van der Waals surface area contributed by atoms with Crippen LogP contribution in [0.5, 0.6) is 0 Å². The molecule has 20 heavy (non-hydrogen) atoms. The van der Waals surface area contributed by atoms with E-state index in [4.69, 9.17) is 29.3 Å². The third-order valence-electron chi connectivity index (χ3n) is 2.41. The molecule has 0 aromatic rings. The number of rotatable bonds is 0. The molecule has 2 aliphatic rings. The number of nitrogens with one attached hydrogen (secondary N) is 2. The van der Waals surface area contributed by atoms with Crippen LogP contribution < -0.4 is 10.6 Å². The molecule has 0 radical (unpaired) electrons. The summed E-state index contributed by atoms with van der Waals surface area (Å²) in [5, 5.41) is 21.1. The first kappa shape index (κ1) is 18.8. The van der Waals surface area contributed by atoms with E-state index in [0.29, 0.717) is 0 Å². The van der Waals surface area contributed by atoms with Crippen molar-refractivity contribution in [1.29, 1.82) is 0 Å². The molecule has 0 spiro atoms. The maximum Gasteiger partial charge on any atom is 0.414 e. The van der Waals surface area contributed by atoms with Gasteiger partial charge in [-0.2, -0.15) is 0 Å². The smallest absolute Gasteiger partial charge is 0.414 e. The Hall–Kier alpha value is -1.22. The standard InChI is InChI=1S/2C5H11NO.C2H2O4/c2*1-5(2)6-3-4-7-5;3-1(4)2(5)6/h2*6H,3-4H2,1-2H3;(H,3,4)(H,5,6). The zero-order valence-electron chi connectivity index (χ0n) is 12.4. The van der Waals surface area contributed by atoms with E-state index in [-0.39, 0.29) is 11.4 Å². The average Bonchev–Trinajstić information content (AvgIpc) is 2.88. The third kappa shape index (κ3) is 9.68. The lowest BCUT2D eigenvalue weighted by Crippen LogP contribution is -2.33. The monoisotopic (exact) mass is 292 g/mol. The molecule has 0 aliphatic carbocycles. The van der Waals surface area contributed by atoms with Gasteiger partial charge in [0, 0.05) is 13.1 Å². The summed E-state index contributed by atoms with van der Waals surface area (Å²) in [5.74, 6) is -3.65. The van der Waals surface area contributed by atoms with Crippen LogP contribution in [0.4, 0.5) is 0 Å².